The Morgan fingerprint density at radius 2 is 1.72 bits per heavy atom. The minimum Gasteiger partial charge on any atom is -0.491 e. The lowest BCUT2D eigenvalue weighted by Crippen LogP contribution is -2.39. The van der Waals surface area contributed by atoms with E-state index in [0.29, 0.717) is 25.7 Å². The van der Waals surface area contributed by atoms with Gasteiger partial charge in [-0.1, -0.05) is 36.4 Å². The summed E-state index contributed by atoms with van der Waals surface area (Å²) in [5.74, 6) is 1.46. The molecule has 0 aliphatic carbocycles. The number of ether oxygens (including phenoxy) is 2. The fourth-order valence-corrected chi connectivity index (χ4v) is 2.87. The number of aliphatic hydroxyl groups is 1. The number of hydrogen-bond acceptors (Lipinski definition) is 4. The zero-order valence-corrected chi connectivity index (χ0v) is 17.8. The average Bonchev–Trinajstić information content (AvgIpc) is 2.71. The number of aliphatic imine (C=N–C) groups is 1. The van der Waals surface area contributed by atoms with Gasteiger partial charge in [0.2, 0.25) is 0 Å². The van der Waals surface area contributed by atoms with Gasteiger partial charge in [0, 0.05) is 20.2 Å². The summed E-state index contributed by atoms with van der Waals surface area (Å²) in [6.45, 7) is 8.18. The lowest BCUT2D eigenvalue weighted by molar-refractivity contribution is 0.180. The molecule has 2 rings (SSSR count). The van der Waals surface area contributed by atoms with E-state index in [1.165, 1.54) is 0 Å². The molecule has 6 nitrogen and oxygen atoms in total. The zero-order valence-electron chi connectivity index (χ0n) is 17.8. The second-order valence-electron chi connectivity index (χ2n) is 7.03. The first-order chi connectivity index (χ1) is 14.0. The van der Waals surface area contributed by atoms with Gasteiger partial charge >= 0.3 is 0 Å². The maximum atomic E-state index is 10.5. The van der Waals surface area contributed by atoms with Crippen molar-refractivity contribution in [3.05, 3.63) is 65.2 Å². The molecule has 1 unspecified atom stereocenters. The summed E-state index contributed by atoms with van der Waals surface area (Å²) >= 11 is 0. The third-order valence-electron chi connectivity index (χ3n) is 4.27. The number of rotatable bonds is 10. The number of benzene rings is 2. The number of guanidine groups is 1. The van der Waals surface area contributed by atoms with Gasteiger partial charge in [0.15, 0.2) is 5.96 Å². The van der Waals surface area contributed by atoms with Gasteiger partial charge in [-0.25, -0.2) is 4.99 Å². The van der Waals surface area contributed by atoms with Crippen molar-refractivity contribution in [1.82, 2.24) is 10.6 Å². The first-order valence-electron chi connectivity index (χ1n) is 10.1. The van der Waals surface area contributed by atoms with Crippen LogP contribution in [0.3, 0.4) is 0 Å². The predicted octanol–water partition coefficient (Wildman–Crippen LogP) is 3.41. The molecule has 3 N–H and O–H groups in total. The van der Waals surface area contributed by atoms with Crippen molar-refractivity contribution >= 4 is 5.96 Å². The molecule has 0 radical (unpaired) electrons. The van der Waals surface area contributed by atoms with Crippen molar-refractivity contribution in [3.8, 4) is 5.75 Å². The van der Waals surface area contributed by atoms with Crippen molar-refractivity contribution in [2.75, 3.05) is 20.2 Å². The standard InChI is InChI=1S/C23H33N3O3/c1-5-24-23(25-14-19-8-6-7-9-20(19)16-28-4)26-15-22(27)18-10-12-21(13-11-18)29-17(2)3/h6-13,17,22,27H,5,14-16H2,1-4H3,(H2,24,25,26). The van der Waals surface area contributed by atoms with Gasteiger partial charge < -0.3 is 25.2 Å². The Kier molecular flexibility index (Phi) is 9.47. The molecule has 2 aromatic carbocycles. The highest BCUT2D eigenvalue weighted by Crippen LogP contribution is 2.18. The minimum absolute atomic E-state index is 0.125. The first kappa shape index (κ1) is 22.7. The number of hydrogen-bond donors (Lipinski definition) is 3. The highest BCUT2D eigenvalue weighted by atomic mass is 16.5. The van der Waals surface area contributed by atoms with Crippen molar-refractivity contribution in [2.45, 2.75) is 46.1 Å². The summed E-state index contributed by atoms with van der Waals surface area (Å²) in [4.78, 5) is 4.65. The number of aliphatic hydroxyl groups excluding tert-OH is 1. The highest BCUT2D eigenvalue weighted by Gasteiger charge is 2.09. The van der Waals surface area contributed by atoms with Crippen LogP contribution in [0.2, 0.25) is 0 Å². The summed E-state index contributed by atoms with van der Waals surface area (Å²) in [7, 11) is 1.69. The van der Waals surface area contributed by atoms with E-state index >= 15 is 0 Å². The van der Waals surface area contributed by atoms with Crippen LogP contribution in [0.4, 0.5) is 0 Å². The monoisotopic (exact) mass is 399 g/mol. The highest BCUT2D eigenvalue weighted by molar-refractivity contribution is 5.79. The Morgan fingerprint density at radius 1 is 1.03 bits per heavy atom. The molecule has 0 amide bonds. The minimum atomic E-state index is -0.646. The van der Waals surface area contributed by atoms with Gasteiger partial charge in [-0.05, 0) is 49.6 Å². The molecule has 0 aromatic heterocycles. The molecule has 0 saturated heterocycles. The fraction of sp³-hybridized carbons (Fsp3) is 0.435. The normalized spacial score (nSPS) is 12.7. The molecule has 158 valence electrons. The van der Waals surface area contributed by atoms with Crippen LogP contribution in [0.15, 0.2) is 53.5 Å². The molecule has 0 heterocycles. The summed E-state index contributed by atoms with van der Waals surface area (Å²) in [5, 5.41) is 16.9. The first-order valence-corrected chi connectivity index (χ1v) is 10.1. The maximum Gasteiger partial charge on any atom is 0.191 e. The fourth-order valence-electron chi connectivity index (χ4n) is 2.87. The van der Waals surface area contributed by atoms with E-state index < -0.39 is 6.10 Å². The van der Waals surface area contributed by atoms with Crippen LogP contribution in [-0.4, -0.2) is 37.4 Å². The number of nitrogens with zero attached hydrogens (tertiary/aromatic N) is 1. The molecule has 0 aliphatic rings. The van der Waals surface area contributed by atoms with Gasteiger partial charge in [-0.3, -0.25) is 0 Å². The molecule has 0 bridgehead atoms. The molecule has 29 heavy (non-hydrogen) atoms. The van der Waals surface area contributed by atoms with Gasteiger partial charge in [0.05, 0.1) is 25.4 Å². The molecule has 0 fully saturated rings. The van der Waals surface area contributed by atoms with Crippen molar-refractivity contribution < 1.29 is 14.6 Å². The molecule has 0 spiro atoms. The summed E-state index contributed by atoms with van der Waals surface area (Å²) in [6.07, 6.45) is -0.520. The van der Waals surface area contributed by atoms with Crippen LogP contribution in [0.25, 0.3) is 0 Å². The number of nitrogens with one attached hydrogen (secondary N) is 2. The Labute approximate surface area is 174 Å². The van der Waals surface area contributed by atoms with Crippen LogP contribution in [0.5, 0.6) is 5.75 Å². The van der Waals surface area contributed by atoms with Gasteiger partial charge in [0.25, 0.3) is 0 Å². The van der Waals surface area contributed by atoms with E-state index in [4.69, 9.17) is 9.47 Å². The van der Waals surface area contributed by atoms with Gasteiger partial charge in [0.1, 0.15) is 5.75 Å². The average molecular weight is 400 g/mol. The quantitative estimate of drug-likeness (QED) is 0.422. The van der Waals surface area contributed by atoms with E-state index in [2.05, 4.69) is 21.7 Å². The second-order valence-corrected chi connectivity index (χ2v) is 7.03. The molecular weight excluding hydrogens is 366 g/mol. The summed E-state index contributed by atoms with van der Waals surface area (Å²) in [5.41, 5.74) is 3.07. The maximum absolute atomic E-state index is 10.5. The Bertz CT molecular complexity index is 760. The van der Waals surface area contributed by atoms with Crippen molar-refractivity contribution in [3.63, 3.8) is 0 Å². The van der Waals surface area contributed by atoms with E-state index in [1.54, 1.807) is 7.11 Å². The largest absolute Gasteiger partial charge is 0.491 e. The SMILES string of the molecule is CCNC(=NCc1ccccc1COC)NCC(O)c1ccc(OC(C)C)cc1. The lowest BCUT2D eigenvalue weighted by Gasteiger charge is -2.16. The third-order valence-corrected chi connectivity index (χ3v) is 4.27. The predicted molar refractivity (Wildman–Crippen MR) is 117 cm³/mol. The lowest BCUT2D eigenvalue weighted by atomic mass is 10.1. The van der Waals surface area contributed by atoms with E-state index in [1.807, 2.05) is 63.2 Å². The van der Waals surface area contributed by atoms with Crippen molar-refractivity contribution in [2.24, 2.45) is 4.99 Å². The van der Waals surface area contributed by atoms with Crippen LogP contribution in [0.1, 0.15) is 43.6 Å². The van der Waals surface area contributed by atoms with Gasteiger partial charge in [-0.15, -0.1) is 0 Å². The topological polar surface area (TPSA) is 75.1 Å². The number of methoxy groups -OCH3 is 1. The smallest absolute Gasteiger partial charge is 0.191 e. The molecule has 1 atom stereocenters. The third kappa shape index (κ3) is 7.75. The summed E-state index contributed by atoms with van der Waals surface area (Å²) in [6, 6.07) is 15.6. The van der Waals surface area contributed by atoms with Crippen LogP contribution < -0.4 is 15.4 Å². The molecule has 6 heteroatoms. The molecule has 0 aliphatic heterocycles. The Hall–Kier alpha value is -2.57. The Balaban J connectivity index is 1.97. The molecular formula is C23H33N3O3. The van der Waals surface area contributed by atoms with Crippen molar-refractivity contribution in [1.29, 1.82) is 0 Å². The van der Waals surface area contributed by atoms with E-state index in [0.717, 1.165) is 29.0 Å². The van der Waals surface area contributed by atoms with E-state index in [-0.39, 0.29) is 6.10 Å². The van der Waals surface area contributed by atoms with E-state index in [9.17, 15) is 5.11 Å². The van der Waals surface area contributed by atoms with Gasteiger partial charge in [-0.2, -0.15) is 0 Å². The Morgan fingerprint density at radius 3 is 2.34 bits per heavy atom. The molecule has 0 saturated carbocycles. The summed E-state index contributed by atoms with van der Waals surface area (Å²) < 4.78 is 10.9. The van der Waals surface area contributed by atoms with Crippen LogP contribution in [-0.2, 0) is 17.9 Å². The second kappa shape index (κ2) is 12.1. The zero-order chi connectivity index (χ0) is 21.1. The van der Waals surface area contributed by atoms with Crippen LogP contribution >= 0.6 is 0 Å². The van der Waals surface area contributed by atoms with Crippen LogP contribution in [0, 0.1) is 0 Å². The molecule has 2 aromatic rings.